The van der Waals surface area contributed by atoms with E-state index in [2.05, 4.69) is 16.0 Å². The van der Waals surface area contributed by atoms with Crippen molar-refractivity contribution in [2.45, 2.75) is 61.9 Å². The first-order valence-electron chi connectivity index (χ1n) is 19.2. The van der Waals surface area contributed by atoms with E-state index in [-0.39, 0.29) is 39.1 Å². The minimum Gasteiger partial charge on any atom is -0.480 e. The molecule has 0 radical (unpaired) electrons. The first kappa shape index (κ1) is 50.9. The number of carbonyl (C=O) groups excluding carboxylic acids is 7. The third-order valence-corrected chi connectivity index (χ3v) is 9.14. The summed E-state index contributed by atoms with van der Waals surface area (Å²) in [6, 6.07) is 13.6. The molecule has 4 N–H and O–H groups in total. The SMILES string of the molecule is CNCC(=O)O[C@@H](C(C)C)[C@H](NC(=O)OCC(Cl)(Cl)Cl)C(=O)N1[C@@H](C(=O)N(CC(=O)N(C)CC(=O)NCC(=O)O)OCc2ccccc2)CCCN1C(=O)OCc1ccccc1. The number of ether oxygens (including phenoxy) is 3. The van der Waals surface area contributed by atoms with Gasteiger partial charge in [-0.2, -0.15) is 0 Å². The van der Waals surface area contributed by atoms with Gasteiger partial charge in [0.05, 0.1) is 13.1 Å². The van der Waals surface area contributed by atoms with Crippen LogP contribution in [0.3, 0.4) is 0 Å². The van der Waals surface area contributed by atoms with Gasteiger partial charge in [-0.25, -0.2) is 24.7 Å². The maximum absolute atomic E-state index is 15.1. The molecule has 0 spiro atoms. The van der Waals surface area contributed by atoms with E-state index in [1.54, 1.807) is 74.5 Å². The van der Waals surface area contributed by atoms with Gasteiger partial charge in [0.25, 0.3) is 11.8 Å². The Kier molecular flexibility index (Phi) is 20.4. The second-order valence-electron chi connectivity index (χ2n) is 14.1. The molecule has 0 aliphatic carbocycles. The number of nitrogens with one attached hydrogen (secondary N) is 3. The lowest BCUT2D eigenvalue weighted by Crippen LogP contribution is -2.68. The summed E-state index contributed by atoms with van der Waals surface area (Å²) in [5.74, 6) is -6.65. The molecule has 23 heteroatoms. The number of hydroxylamine groups is 2. The molecular weight excluding hydrogens is 881 g/mol. The van der Waals surface area contributed by atoms with Crippen LogP contribution in [0.15, 0.2) is 60.7 Å². The van der Waals surface area contributed by atoms with Gasteiger partial charge >= 0.3 is 24.1 Å². The molecule has 0 unspecified atom stereocenters. The Balaban J connectivity index is 2.12. The quantitative estimate of drug-likeness (QED) is 0.0646. The normalized spacial score (nSPS) is 14.8. The average Bonchev–Trinajstić information content (AvgIpc) is 3.23. The van der Waals surface area contributed by atoms with E-state index in [9.17, 15) is 33.6 Å². The minimum absolute atomic E-state index is 0.110. The summed E-state index contributed by atoms with van der Waals surface area (Å²) in [6.07, 6.45) is -3.85. The third kappa shape index (κ3) is 16.8. The number of alkyl carbamates (subject to hydrolysis) is 1. The van der Waals surface area contributed by atoms with Crippen molar-refractivity contribution in [1.82, 2.24) is 35.9 Å². The summed E-state index contributed by atoms with van der Waals surface area (Å²) in [5.41, 5.74) is 1.17. The van der Waals surface area contributed by atoms with Gasteiger partial charge in [-0.3, -0.25) is 33.6 Å². The van der Waals surface area contributed by atoms with Gasteiger partial charge in [-0.05, 0) is 36.9 Å². The first-order valence-corrected chi connectivity index (χ1v) is 20.3. The molecule has 2 aromatic carbocycles. The summed E-state index contributed by atoms with van der Waals surface area (Å²) in [5, 5.41) is 18.4. The standard InChI is InChI=1S/C39H50Cl3N7O13/c1-25(2)34(62-32(54)19-43-3)33(45-37(57)60-24-39(40,41)42)36(56)49-28(16-11-17-47(49)38(58)59-22-26-12-7-5-8-13-26)35(55)48(61-23-27-14-9-6-10-15-27)21-30(51)46(4)20-29(50)44-18-31(52)53/h5-10,12-15,25,28,33-34,43H,11,16-24H2,1-4H3,(H,44,50)(H,45,57)(H,52,53)/t28-,33+,34+/m1/s1. The van der Waals surface area contributed by atoms with E-state index < -0.39 is 102 Å². The van der Waals surface area contributed by atoms with Crippen LogP contribution in [0.2, 0.25) is 0 Å². The van der Waals surface area contributed by atoms with Crippen molar-refractivity contribution >= 4 is 82.6 Å². The van der Waals surface area contributed by atoms with Crippen LogP contribution >= 0.6 is 34.8 Å². The number of hydrogen-bond acceptors (Lipinski definition) is 13. The molecule has 20 nitrogen and oxygen atoms in total. The van der Waals surface area contributed by atoms with Gasteiger partial charge in [0, 0.05) is 13.6 Å². The van der Waals surface area contributed by atoms with Crippen molar-refractivity contribution in [3.05, 3.63) is 71.8 Å². The van der Waals surface area contributed by atoms with Gasteiger partial charge in [-0.15, -0.1) is 0 Å². The van der Waals surface area contributed by atoms with Gasteiger partial charge in [-0.1, -0.05) is 109 Å². The van der Waals surface area contributed by atoms with Crippen molar-refractivity contribution in [3.63, 3.8) is 0 Å². The second-order valence-corrected chi connectivity index (χ2v) is 16.6. The van der Waals surface area contributed by atoms with Crippen LogP contribution in [-0.2, 0) is 61.0 Å². The van der Waals surface area contributed by atoms with Crippen molar-refractivity contribution < 1.29 is 62.5 Å². The number of likely N-dealkylation sites (N-methyl/N-ethyl adjacent to an activating group) is 2. The maximum atomic E-state index is 15.1. The monoisotopic (exact) mass is 929 g/mol. The number of esters is 1. The summed E-state index contributed by atoms with van der Waals surface area (Å²) in [7, 11) is 2.72. The number of alkyl halides is 3. The third-order valence-electron chi connectivity index (χ3n) is 8.81. The zero-order valence-corrected chi connectivity index (χ0v) is 36.7. The first-order chi connectivity index (χ1) is 29.3. The van der Waals surface area contributed by atoms with Crippen molar-refractivity contribution in [2.75, 3.05) is 53.4 Å². The van der Waals surface area contributed by atoms with Crippen LogP contribution in [0, 0.1) is 5.92 Å². The number of benzene rings is 2. The molecule has 1 aliphatic heterocycles. The van der Waals surface area contributed by atoms with Crippen LogP contribution in [-0.4, -0.2) is 148 Å². The average molecular weight is 931 g/mol. The number of amides is 6. The fourth-order valence-electron chi connectivity index (χ4n) is 5.83. The second kappa shape index (κ2) is 24.9. The predicted molar refractivity (Wildman–Crippen MR) is 222 cm³/mol. The molecule has 2 aromatic rings. The number of hydrogen-bond donors (Lipinski definition) is 4. The molecule has 0 saturated carbocycles. The highest BCUT2D eigenvalue weighted by molar-refractivity contribution is 6.67. The molecule has 1 saturated heterocycles. The van der Waals surface area contributed by atoms with Crippen LogP contribution in [0.4, 0.5) is 9.59 Å². The highest BCUT2D eigenvalue weighted by Crippen LogP contribution is 2.28. The molecular formula is C39H50Cl3N7O13. The van der Waals surface area contributed by atoms with E-state index in [0.29, 0.717) is 16.2 Å². The van der Waals surface area contributed by atoms with Gasteiger partial charge < -0.3 is 40.2 Å². The lowest BCUT2D eigenvalue weighted by atomic mass is 9.97. The minimum atomic E-state index is -2.06. The Hall–Kier alpha value is -5.41. The van der Waals surface area contributed by atoms with E-state index in [1.807, 2.05) is 0 Å². The Labute approximate surface area is 372 Å². The lowest BCUT2D eigenvalue weighted by molar-refractivity contribution is -0.208. The molecule has 62 heavy (non-hydrogen) atoms. The largest absolute Gasteiger partial charge is 0.480 e. The number of rotatable bonds is 20. The molecule has 3 rings (SSSR count). The lowest BCUT2D eigenvalue weighted by Gasteiger charge is -2.45. The zero-order valence-electron chi connectivity index (χ0n) is 34.4. The van der Waals surface area contributed by atoms with Crippen LogP contribution in [0.1, 0.15) is 37.8 Å². The van der Waals surface area contributed by atoms with E-state index in [0.717, 1.165) is 14.9 Å². The highest BCUT2D eigenvalue weighted by atomic mass is 35.6. The fourth-order valence-corrected chi connectivity index (χ4v) is 6.00. The molecule has 340 valence electrons. The number of hydrazine groups is 1. The fraction of sp³-hybridized carbons (Fsp3) is 0.487. The number of aliphatic carboxylic acids is 1. The number of halogens is 3. The molecule has 0 aromatic heterocycles. The smallest absolute Gasteiger partial charge is 0.429 e. The summed E-state index contributed by atoms with van der Waals surface area (Å²) >= 11 is 17.4. The Morgan fingerprint density at radius 3 is 2.06 bits per heavy atom. The number of carbonyl (C=O) groups is 8. The summed E-state index contributed by atoms with van der Waals surface area (Å²) < 4.78 is 14.3. The van der Waals surface area contributed by atoms with Crippen LogP contribution < -0.4 is 16.0 Å². The van der Waals surface area contributed by atoms with Crippen molar-refractivity contribution in [2.24, 2.45) is 5.92 Å². The Morgan fingerprint density at radius 1 is 0.887 bits per heavy atom. The Morgan fingerprint density at radius 2 is 1.50 bits per heavy atom. The van der Waals surface area contributed by atoms with Crippen molar-refractivity contribution in [1.29, 1.82) is 0 Å². The molecule has 6 amide bonds. The maximum Gasteiger partial charge on any atom is 0.429 e. The van der Waals surface area contributed by atoms with E-state index in [1.165, 1.54) is 14.1 Å². The zero-order chi connectivity index (χ0) is 46.0. The topological polar surface area (TPSA) is 243 Å². The number of carboxylic acid groups (broad SMARTS) is 1. The molecule has 1 aliphatic rings. The molecule has 3 atom stereocenters. The van der Waals surface area contributed by atoms with Gasteiger partial charge in [0.15, 0.2) is 6.04 Å². The number of carboxylic acids is 1. The highest BCUT2D eigenvalue weighted by Gasteiger charge is 2.48. The summed E-state index contributed by atoms with van der Waals surface area (Å²) in [6.45, 7) is -0.712. The van der Waals surface area contributed by atoms with Gasteiger partial charge in [0.1, 0.15) is 45.1 Å². The van der Waals surface area contributed by atoms with E-state index in [4.69, 9.17) is 59.0 Å². The van der Waals surface area contributed by atoms with Gasteiger partial charge in [0.2, 0.25) is 15.6 Å². The van der Waals surface area contributed by atoms with Crippen molar-refractivity contribution in [3.8, 4) is 0 Å². The molecule has 0 bridgehead atoms. The molecule has 1 fully saturated rings. The predicted octanol–water partition coefficient (Wildman–Crippen LogP) is 2.40. The van der Waals surface area contributed by atoms with E-state index >= 15 is 4.79 Å². The van der Waals surface area contributed by atoms with Crippen LogP contribution in [0.5, 0.6) is 0 Å². The molecule has 1 heterocycles. The number of nitrogens with zero attached hydrogens (tertiary/aromatic N) is 4. The summed E-state index contributed by atoms with van der Waals surface area (Å²) in [4.78, 5) is 114. The van der Waals surface area contributed by atoms with Crippen LogP contribution in [0.25, 0.3) is 0 Å². The Bertz CT molecular complexity index is 1860.